The van der Waals surface area contributed by atoms with E-state index in [1.54, 1.807) is 24.3 Å². The van der Waals surface area contributed by atoms with E-state index < -0.39 is 5.91 Å². The third-order valence-corrected chi connectivity index (χ3v) is 4.23. The minimum Gasteiger partial charge on any atom is -0.486 e. The van der Waals surface area contributed by atoms with Crippen molar-refractivity contribution < 1.29 is 19.1 Å². The molecule has 27 heavy (non-hydrogen) atoms. The van der Waals surface area contributed by atoms with Crippen molar-refractivity contribution in [3.63, 3.8) is 0 Å². The minimum atomic E-state index is -0.492. The molecule has 0 fully saturated rings. The number of anilines is 1. The summed E-state index contributed by atoms with van der Waals surface area (Å²) >= 11 is 0. The van der Waals surface area contributed by atoms with Crippen LogP contribution in [0.15, 0.2) is 42.5 Å². The lowest BCUT2D eigenvalue weighted by molar-refractivity contribution is -0.116. The monoisotopic (exact) mass is 369 g/mol. The molecule has 0 saturated heterocycles. The average Bonchev–Trinajstić information content (AvgIpc) is 2.67. The summed E-state index contributed by atoms with van der Waals surface area (Å²) in [6, 6.07) is 12.4. The molecule has 2 amide bonds. The fourth-order valence-corrected chi connectivity index (χ4v) is 2.81. The summed E-state index contributed by atoms with van der Waals surface area (Å²) in [7, 11) is 1.96. The van der Waals surface area contributed by atoms with Crippen LogP contribution in [0.1, 0.15) is 22.3 Å². The number of nitrogens with zero attached hydrogens (tertiary/aromatic N) is 1. The smallest absolute Gasteiger partial charge is 0.248 e. The van der Waals surface area contributed by atoms with Gasteiger partial charge in [-0.2, -0.15) is 0 Å². The number of fused-ring (bicyclic) bond motifs is 1. The zero-order chi connectivity index (χ0) is 19.2. The molecule has 0 bridgehead atoms. The van der Waals surface area contributed by atoms with E-state index in [9.17, 15) is 9.59 Å². The number of rotatable bonds is 7. The van der Waals surface area contributed by atoms with Crippen molar-refractivity contribution in [1.29, 1.82) is 0 Å². The standard InChI is InChI=1S/C20H23N3O4/c1-23(13-14-2-7-17-18(12-14)27-11-10-26-17)9-8-19(24)22-16-5-3-15(4-6-16)20(21)25/h2-7,12H,8-11,13H2,1H3,(H2,21,25)(H,22,24). The van der Waals surface area contributed by atoms with E-state index >= 15 is 0 Å². The van der Waals surface area contributed by atoms with E-state index in [2.05, 4.69) is 10.2 Å². The van der Waals surface area contributed by atoms with Crippen LogP contribution in [0.3, 0.4) is 0 Å². The first-order valence-electron chi connectivity index (χ1n) is 8.78. The predicted octanol–water partition coefficient (Wildman–Crippen LogP) is 2.02. The highest BCUT2D eigenvalue weighted by molar-refractivity contribution is 5.94. The lowest BCUT2D eigenvalue weighted by Gasteiger charge is -2.21. The van der Waals surface area contributed by atoms with Crippen LogP contribution >= 0.6 is 0 Å². The van der Waals surface area contributed by atoms with E-state index in [0.29, 0.717) is 44.0 Å². The van der Waals surface area contributed by atoms with Crippen LogP contribution in [0.25, 0.3) is 0 Å². The van der Waals surface area contributed by atoms with Gasteiger partial charge in [0.1, 0.15) is 13.2 Å². The van der Waals surface area contributed by atoms with Gasteiger partial charge in [-0.3, -0.25) is 9.59 Å². The first kappa shape index (κ1) is 18.7. The van der Waals surface area contributed by atoms with Crippen molar-refractivity contribution in [2.45, 2.75) is 13.0 Å². The van der Waals surface area contributed by atoms with E-state index in [1.807, 2.05) is 25.2 Å². The van der Waals surface area contributed by atoms with Crippen LogP contribution in [-0.4, -0.2) is 43.5 Å². The first-order chi connectivity index (χ1) is 13.0. The molecule has 2 aromatic rings. The topological polar surface area (TPSA) is 93.9 Å². The number of carbonyl (C=O) groups is 2. The lowest BCUT2D eigenvalue weighted by Crippen LogP contribution is -2.24. The molecular formula is C20H23N3O4. The summed E-state index contributed by atoms with van der Waals surface area (Å²) in [6.07, 6.45) is 0.360. The van der Waals surface area contributed by atoms with Gasteiger partial charge in [0.25, 0.3) is 0 Å². The van der Waals surface area contributed by atoms with Gasteiger partial charge in [0, 0.05) is 30.8 Å². The molecule has 142 valence electrons. The Bertz CT molecular complexity index is 820. The molecule has 1 aliphatic heterocycles. The van der Waals surface area contributed by atoms with Crippen molar-refractivity contribution in [2.75, 3.05) is 32.1 Å². The Morgan fingerprint density at radius 2 is 1.78 bits per heavy atom. The normalized spacial score (nSPS) is 12.7. The fraction of sp³-hybridized carbons (Fsp3) is 0.300. The van der Waals surface area contributed by atoms with Crippen LogP contribution in [0, 0.1) is 0 Å². The predicted molar refractivity (Wildman–Crippen MR) is 102 cm³/mol. The van der Waals surface area contributed by atoms with Crippen molar-refractivity contribution in [3.8, 4) is 11.5 Å². The maximum atomic E-state index is 12.1. The average molecular weight is 369 g/mol. The molecule has 0 radical (unpaired) electrons. The molecule has 1 heterocycles. The Balaban J connectivity index is 1.46. The molecule has 0 unspecified atom stereocenters. The molecule has 0 atom stereocenters. The van der Waals surface area contributed by atoms with Crippen molar-refractivity contribution >= 4 is 17.5 Å². The SMILES string of the molecule is CN(CCC(=O)Nc1ccc(C(N)=O)cc1)Cc1ccc2c(c1)OCCO2. The van der Waals surface area contributed by atoms with Gasteiger partial charge < -0.3 is 25.4 Å². The van der Waals surface area contributed by atoms with Gasteiger partial charge in [0.2, 0.25) is 11.8 Å². The Kier molecular flexibility index (Phi) is 5.93. The van der Waals surface area contributed by atoms with Crippen LogP contribution in [-0.2, 0) is 11.3 Å². The van der Waals surface area contributed by atoms with Crippen molar-refractivity contribution in [3.05, 3.63) is 53.6 Å². The highest BCUT2D eigenvalue weighted by Gasteiger charge is 2.13. The maximum Gasteiger partial charge on any atom is 0.248 e. The Morgan fingerprint density at radius 1 is 1.07 bits per heavy atom. The molecule has 0 spiro atoms. The van der Waals surface area contributed by atoms with E-state index in [-0.39, 0.29) is 5.91 Å². The zero-order valence-corrected chi connectivity index (χ0v) is 15.2. The molecule has 7 nitrogen and oxygen atoms in total. The second-order valence-electron chi connectivity index (χ2n) is 6.46. The number of ether oxygens (including phenoxy) is 2. The molecule has 2 aromatic carbocycles. The number of hydrogen-bond acceptors (Lipinski definition) is 5. The van der Waals surface area contributed by atoms with E-state index in [1.165, 1.54) is 0 Å². The quantitative estimate of drug-likeness (QED) is 0.779. The molecule has 3 N–H and O–H groups in total. The van der Waals surface area contributed by atoms with Gasteiger partial charge in [-0.05, 0) is 49.0 Å². The van der Waals surface area contributed by atoms with Crippen LogP contribution in [0.4, 0.5) is 5.69 Å². The number of benzene rings is 2. The summed E-state index contributed by atoms with van der Waals surface area (Å²) in [4.78, 5) is 25.2. The van der Waals surface area contributed by atoms with Gasteiger partial charge >= 0.3 is 0 Å². The molecule has 0 saturated carbocycles. The number of nitrogens with two attached hydrogens (primary N) is 1. The number of carbonyl (C=O) groups excluding carboxylic acids is 2. The maximum absolute atomic E-state index is 12.1. The summed E-state index contributed by atoms with van der Waals surface area (Å²) in [5.41, 5.74) is 7.35. The van der Waals surface area contributed by atoms with Gasteiger partial charge in [-0.15, -0.1) is 0 Å². The molecule has 0 aliphatic carbocycles. The largest absolute Gasteiger partial charge is 0.486 e. The summed E-state index contributed by atoms with van der Waals surface area (Å²) in [5, 5.41) is 2.81. The molecule has 3 rings (SSSR count). The highest BCUT2D eigenvalue weighted by Crippen LogP contribution is 2.31. The fourth-order valence-electron chi connectivity index (χ4n) is 2.81. The summed E-state index contributed by atoms with van der Waals surface area (Å²) in [6.45, 7) is 2.45. The van der Waals surface area contributed by atoms with E-state index in [4.69, 9.17) is 15.2 Å². The molecular weight excluding hydrogens is 346 g/mol. The number of primary amides is 1. The highest BCUT2D eigenvalue weighted by atomic mass is 16.6. The van der Waals surface area contributed by atoms with Crippen LogP contribution in [0.2, 0.25) is 0 Å². The third-order valence-electron chi connectivity index (χ3n) is 4.23. The summed E-state index contributed by atoms with van der Waals surface area (Å²) < 4.78 is 11.1. The Morgan fingerprint density at radius 3 is 2.48 bits per heavy atom. The van der Waals surface area contributed by atoms with Crippen LogP contribution in [0.5, 0.6) is 11.5 Å². The van der Waals surface area contributed by atoms with E-state index in [0.717, 1.165) is 17.1 Å². The number of hydrogen-bond donors (Lipinski definition) is 2. The molecule has 0 aromatic heterocycles. The van der Waals surface area contributed by atoms with Gasteiger partial charge in [0.05, 0.1) is 0 Å². The van der Waals surface area contributed by atoms with Gasteiger partial charge in [-0.1, -0.05) is 6.07 Å². The second-order valence-corrected chi connectivity index (χ2v) is 6.46. The van der Waals surface area contributed by atoms with Crippen LogP contribution < -0.4 is 20.5 Å². The lowest BCUT2D eigenvalue weighted by atomic mass is 10.1. The second kappa shape index (κ2) is 8.55. The number of amides is 2. The third kappa shape index (κ3) is 5.21. The van der Waals surface area contributed by atoms with Gasteiger partial charge in [0.15, 0.2) is 11.5 Å². The number of nitrogens with one attached hydrogen (secondary N) is 1. The van der Waals surface area contributed by atoms with Crippen molar-refractivity contribution in [1.82, 2.24) is 4.90 Å². The molecule has 7 heteroatoms. The van der Waals surface area contributed by atoms with Crippen molar-refractivity contribution in [2.24, 2.45) is 5.73 Å². The summed E-state index contributed by atoms with van der Waals surface area (Å²) in [5.74, 6) is 0.961. The first-order valence-corrected chi connectivity index (χ1v) is 8.78. The Hall–Kier alpha value is -3.06. The Labute approximate surface area is 158 Å². The molecule has 1 aliphatic rings. The minimum absolute atomic E-state index is 0.0872. The zero-order valence-electron chi connectivity index (χ0n) is 15.2. The van der Waals surface area contributed by atoms with Gasteiger partial charge in [-0.25, -0.2) is 0 Å².